The number of amides is 2. The molecule has 2 N–H and O–H groups in total. The lowest BCUT2D eigenvalue weighted by atomic mass is 10.2. The lowest BCUT2D eigenvalue weighted by Gasteiger charge is -2.07. The molecule has 20 heavy (non-hydrogen) atoms. The summed E-state index contributed by atoms with van der Waals surface area (Å²) < 4.78 is 1.68. The number of benzene rings is 2. The molecular weight excluding hydrogens is 388 g/mol. The van der Waals surface area contributed by atoms with E-state index in [0.717, 1.165) is 8.95 Å². The van der Waals surface area contributed by atoms with Crippen LogP contribution in [-0.4, -0.2) is 11.8 Å². The molecule has 0 radical (unpaired) electrons. The summed E-state index contributed by atoms with van der Waals surface area (Å²) in [5.41, 5.74) is 5.65. The van der Waals surface area contributed by atoms with Crippen LogP contribution in [0.1, 0.15) is 20.7 Å². The topological polar surface area (TPSA) is 58.2 Å². The largest absolute Gasteiger partial charge is 0.269 e. The lowest BCUT2D eigenvalue weighted by molar-refractivity contribution is 0.0846. The number of nitrogens with one attached hydrogen (secondary N) is 2. The van der Waals surface area contributed by atoms with Crippen LogP contribution in [-0.2, 0) is 0 Å². The van der Waals surface area contributed by atoms with E-state index in [0.29, 0.717) is 11.1 Å². The van der Waals surface area contributed by atoms with Crippen LogP contribution in [0.3, 0.4) is 0 Å². The minimum Gasteiger partial charge on any atom is -0.267 e. The van der Waals surface area contributed by atoms with Gasteiger partial charge in [0.2, 0.25) is 0 Å². The van der Waals surface area contributed by atoms with Crippen LogP contribution in [0.5, 0.6) is 0 Å². The van der Waals surface area contributed by atoms with Crippen LogP contribution in [0.2, 0.25) is 0 Å². The summed E-state index contributed by atoms with van der Waals surface area (Å²) in [6.45, 7) is 0. The molecule has 0 saturated heterocycles. The lowest BCUT2D eigenvalue weighted by Crippen LogP contribution is -2.41. The second kappa shape index (κ2) is 6.67. The fraction of sp³-hybridized carbons (Fsp3) is 0. The Morgan fingerprint density at radius 2 is 1.35 bits per heavy atom. The second-order valence-corrected chi connectivity index (χ2v) is 5.76. The average Bonchev–Trinajstić information content (AvgIpc) is 2.45. The molecule has 0 unspecified atom stereocenters. The van der Waals surface area contributed by atoms with E-state index in [4.69, 9.17) is 0 Å². The maximum atomic E-state index is 11.8. The van der Waals surface area contributed by atoms with Crippen molar-refractivity contribution in [1.82, 2.24) is 10.9 Å². The van der Waals surface area contributed by atoms with Crippen molar-refractivity contribution in [1.29, 1.82) is 0 Å². The molecule has 6 heteroatoms. The van der Waals surface area contributed by atoms with Gasteiger partial charge in [0.05, 0.1) is 0 Å². The van der Waals surface area contributed by atoms with E-state index in [-0.39, 0.29) is 11.8 Å². The maximum Gasteiger partial charge on any atom is 0.269 e. The van der Waals surface area contributed by atoms with Gasteiger partial charge in [-0.05, 0) is 42.5 Å². The molecule has 0 fully saturated rings. The zero-order valence-corrected chi connectivity index (χ0v) is 13.4. The van der Waals surface area contributed by atoms with Gasteiger partial charge in [0, 0.05) is 20.1 Å². The number of halogens is 2. The normalized spacial score (nSPS) is 9.90. The number of carbonyl (C=O) groups excluding carboxylic acids is 2. The summed E-state index contributed by atoms with van der Waals surface area (Å²) in [4.78, 5) is 23.6. The predicted molar refractivity (Wildman–Crippen MR) is 83.2 cm³/mol. The molecule has 2 aromatic carbocycles. The predicted octanol–water partition coefficient (Wildman–Crippen LogP) is 3.29. The molecule has 0 heterocycles. The third-order valence-corrected chi connectivity index (χ3v) is 3.50. The second-order valence-electron chi connectivity index (χ2n) is 3.93. The molecule has 0 aliphatic heterocycles. The Labute approximate surface area is 132 Å². The van der Waals surface area contributed by atoms with Gasteiger partial charge in [0.25, 0.3) is 11.8 Å². The average molecular weight is 398 g/mol. The highest BCUT2D eigenvalue weighted by molar-refractivity contribution is 9.10. The van der Waals surface area contributed by atoms with Crippen molar-refractivity contribution in [3.8, 4) is 0 Å². The van der Waals surface area contributed by atoms with E-state index in [9.17, 15) is 9.59 Å². The highest BCUT2D eigenvalue weighted by Gasteiger charge is 2.09. The molecular formula is C14H10Br2N2O2. The van der Waals surface area contributed by atoms with Gasteiger partial charge in [0.15, 0.2) is 0 Å². The van der Waals surface area contributed by atoms with E-state index < -0.39 is 0 Å². The minimum absolute atomic E-state index is 0.374. The molecule has 2 rings (SSSR count). The van der Waals surface area contributed by atoms with Gasteiger partial charge in [0.1, 0.15) is 0 Å². The first kappa shape index (κ1) is 14.7. The number of hydrogen-bond donors (Lipinski definition) is 2. The quantitative estimate of drug-likeness (QED) is 0.764. The summed E-state index contributed by atoms with van der Waals surface area (Å²) in [6, 6.07) is 13.7. The van der Waals surface area contributed by atoms with E-state index in [1.165, 1.54) is 0 Å². The van der Waals surface area contributed by atoms with Crippen molar-refractivity contribution >= 4 is 43.7 Å². The molecule has 0 aliphatic rings. The van der Waals surface area contributed by atoms with Gasteiger partial charge in [-0.15, -0.1) is 0 Å². The van der Waals surface area contributed by atoms with Gasteiger partial charge in [-0.3, -0.25) is 20.4 Å². The number of hydrazine groups is 1. The zero-order valence-electron chi connectivity index (χ0n) is 10.2. The molecule has 0 aliphatic carbocycles. The Hall–Kier alpha value is -1.66. The summed E-state index contributed by atoms with van der Waals surface area (Å²) in [7, 11) is 0. The minimum atomic E-state index is -0.378. The van der Waals surface area contributed by atoms with Crippen LogP contribution >= 0.6 is 31.9 Å². The molecule has 2 amide bonds. The standard InChI is InChI=1S/C14H10Br2N2O2/c15-11-6-4-9(5-7-11)13(19)17-18-14(20)10-2-1-3-12(16)8-10/h1-8H,(H,17,19)(H,18,20). The number of rotatable bonds is 2. The fourth-order valence-corrected chi connectivity index (χ4v) is 2.15. The third kappa shape index (κ3) is 3.91. The van der Waals surface area contributed by atoms with Gasteiger partial charge < -0.3 is 0 Å². The molecule has 0 atom stereocenters. The Kier molecular flexibility index (Phi) is 4.92. The molecule has 2 aromatic rings. The number of carbonyl (C=O) groups is 2. The highest BCUT2D eigenvalue weighted by Crippen LogP contribution is 2.12. The van der Waals surface area contributed by atoms with Gasteiger partial charge in [-0.25, -0.2) is 0 Å². The monoisotopic (exact) mass is 396 g/mol. The van der Waals surface area contributed by atoms with Gasteiger partial charge in [-0.1, -0.05) is 37.9 Å². The molecule has 102 valence electrons. The molecule has 0 saturated carbocycles. The molecule has 0 aromatic heterocycles. The van der Waals surface area contributed by atoms with Crippen molar-refractivity contribution in [2.45, 2.75) is 0 Å². The van der Waals surface area contributed by atoms with Crippen LogP contribution in [0.15, 0.2) is 57.5 Å². The highest BCUT2D eigenvalue weighted by atomic mass is 79.9. The summed E-state index contributed by atoms with van der Waals surface area (Å²) in [5, 5.41) is 0. The number of hydrogen-bond acceptors (Lipinski definition) is 2. The SMILES string of the molecule is O=C(NNC(=O)c1cccc(Br)c1)c1ccc(Br)cc1. The first-order valence-corrected chi connectivity index (χ1v) is 7.26. The zero-order chi connectivity index (χ0) is 14.5. The third-order valence-electron chi connectivity index (χ3n) is 2.48. The van der Waals surface area contributed by atoms with E-state index in [1.54, 1.807) is 42.5 Å². The van der Waals surface area contributed by atoms with E-state index in [2.05, 4.69) is 42.7 Å². The summed E-state index contributed by atoms with van der Waals surface area (Å²) in [6.07, 6.45) is 0. The summed E-state index contributed by atoms with van der Waals surface area (Å²) >= 11 is 6.57. The fourth-order valence-electron chi connectivity index (χ4n) is 1.49. The Morgan fingerprint density at radius 1 is 0.750 bits per heavy atom. The van der Waals surface area contributed by atoms with E-state index in [1.807, 2.05) is 6.07 Å². The Balaban J connectivity index is 1.96. The van der Waals surface area contributed by atoms with Gasteiger partial charge >= 0.3 is 0 Å². The van der Waals surface area contributed by atoms with Crippen molar-refractivity contribution in [3.05, 3.63) is 68.6 Å². The first-order valence-electron chi connectivity index (χ1n) is 5.68. The van der Waals surface area contributed by atoms with Crippen LogP contribution < -0.4 is 10.9 Å². The van der Waals surface area contributed by atoms with E-state index >= 15 is 0 Å². The van der Waals surface area contributed by atoms with Crippen LogP contribution in [0.4, 0.5) is 0 Å². The molecule has 4 nitrogen and oxygen atoms in total. The Bertz CT molecular complexity index is 642. The van der Waals surface area contributed by atoms with Crippen molar-refractivity contribution < 1.29 is 9.59 Å². The van der Waals surface area contributed by atoms with Crippen LogP contribution in [0, 0.1) is 0 Å². The van der Waals surface area contributed by atoms with Crippen LogP contribution in [0.25, 0.3) is 0 Å². The molecule has 0 bridgehead atoms. The smallest absolute Gasteiger partial charge is 0.267 e. The van der Waals surface area contributed by atoms with Gasteiger partial charge in [-0.2, -0.15) is 0 Å². The van der Waals surface area contributed by atoms with Crippen molar-refractivity contribution in [3.63, 3.8) is 0 Å². The molecule has 0 spiro atoms. The first-order chi connectivity index (χ1) is 9.56. The Morgan fingerprint density at radius 3 is 1.95 bits per heavy atom. The van der Waals surface area contributed by atoms with Crippen molar-refractivity contribution in [2.24, 2.45) is 0 Å². The maximum absolute atomic E-state index is 11.8. The van der Waals surface area contributed by atoms with Crippen molar-refractivity contribution in [2.75, 3.05) is 0 Å². The summed E-state index contributed by atoms with van der Waals surface area (Å²) in [5.74, 6) is -0.752.